The highest BCUT2D eigenvalue weighted by Gasteiger charge is 1.97. The molecule has 0 rings (SSSR count). The van der Waals surface area contributed by atoms with Crippen molar-refractivity contribution in [1.82, 2.24) is 0 Å². The highest BCUT2D eigenvalue weighted by atomic mass is 16.6. The first kappa shape index (κ1) is 27.7. The van der Waals surface area contributed by atoms with Gasteiger partial charge in [0.15, 0.2) is 0 Å². The first-order chi connectivity index (χ1) is 9.94. The van der Waals surface area contributed by atoms with E-state index in [2.05, 4.69) is 64.2 Å². The Balaban J connectivity index is -0.000000132. The van der Waals surface area contributed by atoms with Gasteiger partial charge in [0, 0.05) is 12.2 Å². The van der Waals surface area contributed by atoms with Crippen LogP contribution in [0.4, 0.5) is 0 Å². The number of carbonyl (C=O) groups excluding carboxylic acids is 2. The Morgan fingerprint density at radius 3 is 1.05 bits per heavy atom. The first-order valence-electron chi connectivity index (χ1n) is 7.53. The van der Waals surface area contributed by atoms with Crippen LogP contribution in [0.3, 0.4) is 0 Å². The highest BCUT2D eigenvalue weighted by molar-refractivity contribution is 5.81. The Morgan fingerprint density at radius 2 is 0.905 bits per heavy atom. The van der Waals surface area contributed by atoms with Gasteiger partial charge in [-0.25, -0.2) is 9.59 Å². The van der Waals surface area contributed by atoms with Crippen LogP contribution >= 0.6 is 0 Å². The normalized spacial score (nSPS) is 7.33. The summed E-state index contributed by atoms with van der Waals surface area (Å²) in [6.45, 7) is 19.2. The zero-order valence-electron chi connectivity index (χ0n) is 14.7. The van der Waals surface area contributed by atoms with Crippen molar-refractivity contribution in [3.8, 4) is 0 Å². The molecule has 0 saturated heterocycles. The second-order valence-corrected chi connectivity index (χ2v) is 3.86. The van der Waals surface area contributed by atoms with E-state index in [4.69, 9.17) is 0 Å². The molecular weight excluding hydrogens is 268 g/mol. The number of hydrogen-bond donors (Lipinski definition) is 0. The van der Waals surface area contributed by atoms with Crippen molar-refractivity contribution in [3.63, 3.8) is 0 Å². The Morgan fingerprint density at radius 1 is 0.714 bits per heavy atom. The summed E-state index contributed by atoms with van der Waals surface area (Å²) in [5.74, 6) is -1.07. The van der Waals surface area contributed by atoms with Gasteiger partial charge in [0.05, 0.1) is 0 Å². The Labute approximate surface area is 131 Å². The van der Waals surface area contributed by atoms with Gasteiger partial charge in [-0.2, -0.15) is 0 Å². The molecule has 0 N–H and O–H groups in total. The van der Waals surface area contributed by atoms with Crippen LogP contribution in [-0.4, -0.2) is 25.2 Å². The molecule has 4 nitrogen and oxygen atoms in total. The Hall–Kier alpha value is -1.58. The fraction of sp³-hybridized carbons (Fsp3) is 0.647. The van der Waals surface area contributed by atoms with E-state index in [1.165, 1.54) is 19.3 Å². The maximum absolute atomic E-state index is 10.4. The second kappa shape index (κ2) is 31.0. The minimum absolute atomic E-state index is 0.0322. The van der Waals surface area contributed by atoms with Crippen molar-refractivity contribution in [3.05, 3.63) is 25.3 Å². The molecule has 0 atom stereocenters. The molecular formula is C17H34O4. The lowest BCUT2D eigenvalue weighted by Gasteiger charge is -2.01. The molecule has 0 aliphatic rings. The SMILES string of the molecule is C=CC(=O)OCCOC(=O)C=C.CCC.CCC.CCC. The smallest absolute Gasteiger partial charge is 0.330 e. The van der Waals surface area contributed by atoms with E-state index in [1.807, 2.05) is 0 Å². The van der Waals surface area contributed by atoms with Gasteiger partial charge in [-0.05, 0) is 0 Å². The summed E-state index contributed by atoms with van der Waals surface area (Å²) in [4.78, 5) is 20.9. The molecule has 21 heavy (non-hydrogen) atoms. The highest BCUT2D eigenvalue weighted by Crippen LogP contribution is 1.82. The molecule has 0 aliphatic heterocycles. The van der Waals surface area contributed by atoms with Gasteiger partial charge < -0.3 is 9.47 Å². The molecule has 0 radical (unpaired) electrons. The van der Waals surface area contributed by atoms with Gasteiger partial charge in [-0.3, -0.25) is 0 Å². The molecule has 0 aromatic carbocycles. The molecule has 0 bridgehead atoms. The zero-order valence-corrected chi connectivity index (χ0v) is 14.7. The number of hydrogen-bond acceptors (Lipinski definition) is 4. The van der Waals surface area contributed by atoms with Crippen LogP contribution in [0.1, 0.15) is 60.8 Å². The fourth-order valence-corrected chi connectivity index (χ4v) is 0.402. The summed E-state index contributed by atoms with van der Waals surface area (Å²) in [5.41, 5.74) is 0. The average molecular weight is 302 g/mol. The van der Waals surface area contributed by atoms with Crippen LogP contribution in [0.5, 0.6) is 0 Å². The quantitative estimate of drug-likeness (QED) is 0.420. The molecule has 0 aromatic heterocycles. The van der Waals surface area contributed by atoms with E-state index in [0.717, 1.165) is 12.2 Å². The standard InChI is InChI=1S/C8H10O4.3C3H8/c1-3-7(9)11-5-6-12-8(10)4-2;3*1-3-2/h3-4H,1-2,5-6H2;3*3H2,1-2H3. The topological polar surface area (TPSA) is 52.6 Å². The molecule has 0 aromatic rings. The molecule has 0 fully saturated rings. The average Bonchev–Trinajstić information content (AvgIpc) is 2.45. The fourth-order valence-electron chi connectivity index (χ4n) is 0.402. The minimum Gasteiger partial charge on any atom is -0.459 e. The summed E-state index contributed by atoms with van der Waals surface area (Å²) in [6.07, 6.45) is 5.82. The van der Waals surface area contributed by atoms with Crippen LogP contribution in [-0.2, 0) is 19.1 Å². The first-order valence-corrected chi connectivity index (χ1v) is 7.53. The third kappa shape index (κ3) is 56.0. The van der Waals surface area contributed by atoms with Gasteiger partial charge in [0.2, 0.25) is 0 Å². The number of ether oxygens (including phenoxy) is 2. The summed E-state index contributed by atoms with van der Waals surface area (Å²) in [7, 11) is 0. The van der Waals surface area contributed by atoms with Crippen molar-refractivity contribution in [2.24, 2.45) is 0 Å². The predicted octanol–water partition coefficient (Wildman–Crippen LogP) is 4.69. The lowest BCUT2D eigenvalue weighted by atomic mass is 10.6. The van der Waals surface area contributed by atoms with E-state index < -0.39 is 11.9 Å². The van der Waals surface area contributed by atoms with Gasteiger partial charge in [0.1, 0.15) is 13.2 Å². The van der Waals surface area contributed by atoms with Crippen molar-refractivity contribution < 1.29 is 19.1 Å². The van der Waals surface area contributed by atoms with Crippen molar-refractivity contribution in [1.29, 1.82) is 0 Å². The van der Waals surface area contributed by atoms with Crippen LogP contribution < -0.4 is 0 Å². The number of esters is 2. The maximum atomic E-state index is 10.4. The van der Waals surface area contributed by atoms with E-state index in [-0.39, 0.29) is 13.2 Å². The van der Waals surface area contributed by atoms with Crippen LogP contribution in [0.2, 0.25) is 0 Å². The minimum atomic E-state index is -0.537. The molecule has 0 spiro atoms. The molecule has 0 saturated carbocycles. The van der Waals surface area contributed by atoms with Gasteiger partial charge in [0.25, 0.3) is 0 Å². The number of carbonyl (C=O) groups is 2. The molecule has 4 heteroatoms. The number of rotatable bonds is 5. The van der Waals surface area contributed by atoms with E-state index in [9.17, 15) is 9.59 Å². The van der Waals surface area contributed by atoms with E-state index >= 15 is 0 Å². The Bertz CT molecular complexity index is 208. The zero-order chi connectivity index (χ0) is 17.5. The lowest BCUT2D eigenvalue weighted by molar-refractivity contribution is -0.146. The summed E-state index contributed by atoms with van der Waals surface area (Å²) in [5, 5.41) is 0. The van der Waals surface area contributed by atoms with Gasteiger partial charge in [-0.1, -0.05) is 74.0 Å². The predicted molar refractivity (Wildman–Crippen MR) is 90.2 cm³/mol. The van der Waals surface area contributed by atoms with Crippen LogP contribution in [0, 0.1) is 0 Å². The summed E-state index contributed by atoms with van der Waals surface area (Å²) >= 11 is 0. The van der Waals surface area contributed by atoms with E-state index in [0.29, 0.717) is 0 Å². The molecule has 0 amide bonds. The monoisotopic (exact) mass is 302 g/mol. The van der Waals surface area contributed by atoms with E-state index in [1.54, 1.807) is 0 Å². The van der Waals surface area contributed by atoms with Crippen molar-refractivity contribution >= 4 is 11.9 Å². The lowest BCUT2D eigenvalue weighted by Crippen LogP contribution is -2.10. The van der Waals surface area contributed by atoms with Crippen LogP contribution in [0.25, 0.3) is 0 Å². The van der Waals surface area contributed by atoms with Gasteiger partial charge in [-0.15, -0.1) is 0 Å². The largest absolute Gasteiger partial charge is 0.459 e. The van der Waals surface area contributed by atoms with Crippen molar-refractivity contribution in [2.45, 2.75) is 60.8 Å². The molecule has 0 aliphatic carbocycles. The maximum Gasteiger partial charge on any atom is 0.330 e. The summed E-state index contributed by atoms with van der Waals surface area (Å²) < 4.78 is 9.04. The van der Waals surface area contributed by atoms with Crippen molar-refractivity contribution in [2.75, 3.05) is 13.2 Å². The molecule has 0 heterocycles. The molecule has 126 valence electrons. The third-order valence-electron chi connectivity index (χ3n) is 0.905. The third-order valence-corrected chi connectivity index (χ3v) is 0.905. The summed E-state index contributed by atoms with van der Waals surface area (Å²) in [6, 6.07) is 0. The Kier molecular flexibility index (Phi) is 41.0. The van der Waals surface area contributed by atoms with Crippen LogP contribution in [0.15, 0.2) is 25.3 Å². The molecule has 0 unspecified atom stereocenters. The second-order valence-electron chi connectivity index (χ2n) is 3.86. The van der Waals surface area contributed by atoms with Gasteiger partial charge >= 0.3 is 11.9 Å².